The van der Waals surface area contributed by atoms with Crippen molar-refractivity contribution < 1.29 is 8.42 Å². The lowest BCUT2D eigenvalue weighted by atomic mass is 10.2. The number of nitrogens with zero attached hydrogens (tertiary/aromatic N) is 1. The van der Waals surface area contributed by atoms with Gasteiger partial charge in [0.15, 0.2) is 0 Å². The summed E-state index contributed by atoms with van der Waals surface area (Å²) in [6.07, 6.45) is 0.966. The molecular weight excluding hydrogens is 268 g/mol. The third-order valence-electron chi connectivity index (χ3n) is 3.20. The molecule has 1 aliphatic heterocycles. The lowest BCUT2D eigenvalue weighted by Crippen LogP contribution is -2.28. The molecule has 0 spiro atoms. The van der Waals surface area contributed by atoms with E-state index in [0.29, 0.717) is 23.9 Å². The van der Waals surface area contributed by atoms with Crippen molar-refractivity contribution in [1.82, 2.24) is 9.62 Å². The zero-order valence-corrected chi connectivity index (χ0v) is 12.5. The summed E-state index contributed by atoms with van der Waals surface area (Å²) in [6, 6.07) is 1.80. The van der Waals surface area contributed by atoms with Gasteiger partial charge >= 0.3 is 0 Å². The zero-order chi connectivity index (χ0) is 13.2. The van der Waals surface area contributed by atoms with E-state index in [4.69, 9.17) is 0 Å². The fourth-order valence-corrected chi connectivity index (χ4v) is 4.91. The van der Waals surface area contributed by atoms with Gasteiger partial charge < -0.3 is 5.32 Å². The van der Waals surface area contributed by atoms with E-state index in [9.17, 15) is 8.42 Å². The minimum absolute atomic E-state index is 0.453. The van der Waals surface area contributed by atoms with Crippen molar-refractivity contribution in [3.8, 4) is 0 Å². The largest absolute Gasteiger partial charge is 0.312 e. The minimum atomic E-state index is -3.26. The van der Waals surface area contributed by atoms with Crippen LogP contribution in [0.3, 0.4) is 0 Å². The maximum Gasteiger partial charge on any atom is 0.243 e. The highest BCUT2D eigenvalue weighted by Crippen LogP contribution is 2.27. The number of nitrogens with one attached hydrogen (secondary N) is 1. The first-order valence-corrected chi connectivity index (χ1v) is 8.64. The van der Waals surface area contributed by atoms with Gasteiger partial charge in [0, 0.05) is 29.9 Å². The number of hydrogen-bond donors (Lipinski definition) is 1. The van der Waals surface area contributed by atoms with Crippen LogP contribution >= 0.6 is 11.3 Å². The molecule has 0 saturated carbocycles. The molecule has 1 aromatic heterocycles. The summed E-state index contributed by atoms with van der Waals surface area (Å²) in [5, 5.41) is 4.96. The van der Waals surface area contributed by atoms with Crippen molar-refractivity contribution in [2.45, 2.75) is 31.7 Å². The van der Waals surface area contributed by atoms with Crippen LogP contribution in [0.4, 0.5) is 0 Å². The SMILES string of the molecule is CCNCc1cc(S(=O)(=O)N2CCC(C)C2)cs1. The van der Waals surface area contributed by atoms with Crippen molar-refractivity contribution >= 4 is 21.4 Å². The number of hydrogen-bond acceptors (Lipinski definition) is 4. The predicted molar refractivity (Wildman–Crippen MR) is 74.2 cm³/mol. The van der Waals surface area contributed by atoms with Crippen LogP contribution in [0.1, 0.15) is 25.1 Å². The van der Waals surface area contributed by atoms with Crippen molar-refractivity contribution in [2.75, 3.05) is 19.6 Å². The second-order valence-corrected chi connectivity index (χ2v) is 7.72. The molecule has 0 bridgehead atoms. The molecule has 1 atom stereocenters. The summed E-state index contributed by atoms with van der Waals surface area (Å²) in [6.45, 7) is 7.08. The Morgan fingerprint density at radius 3 is 2.94 bits per heavy atom. The molecule has 0 amide bonds. The summed E-state index contributed by atoms with van der Waals surface area (Å²) in [7, 11) is -3.26. The Labute approximate surface area is 113 Å². The maximum atomic E-state index is 12.4. The molecule has 0 aliphatic carbocycles. The van der Waals surface area contributed by atoms with Gasteiger partial charge in [-0.05, 0) is 24.9 Å². The molecule has 2 rings (SSSR count). The van der Waals surface area contributed by atoms with Crippen LogP contribution in [0.25, 0.3) is 0 Å². The van der Waals surface area contributed by atoms with Gasteiger partial charge in [-0.3, -0.25) is 0 Å². The second kappa shape index (κ2) is 5.69. The first kappa shape index (κ1) is 14.0. The molecular formula is C12H20N2O2S2. The van der Waals surface area contributed by atoms with E-state index < -0.39 is 10.0 Å². The van der Waals surface area contributed by atoms with Gasteiger partial charge in [0.1, 0.15) is 0 Å². The molecule has 1 unspecified atom stereocenters. The number of sulfonamides is 1. The van der Waals surface area contributed by atoms with E-state index in [1.165, 1.54) is 11.3 Å². The highest BCUT2D eigenvalue weighted by atomic mass is 32.2. The maximum absolute atomic E-state index is 12.4. The molecule has 0 aromatic carbocycles. The van der Waals surface area contributed by atoms with Crippen molar-refractivity contribution in [1.29, 1.82) is 0 Å². The molecule has 1 aromatic rings. The molecule has 18 heavy (non-hydrogen) atoms. The highest BCUT2D eigenvalue weighted by Gasteiger charge is 2.31. The Hall–Kier alpha value is -0.430. The van der Waals surface area contributed by atoms with Crippen molar-refractivity contribution in [2.24, 2.45) is 5.92 Å². The highest BCUT2D eigenvalue weighted by molar-refractivity contribution is 7.89. The Morgan fingerprint density at radius 1 is 1.56 bits per heavy atom. The van der Waals surface area contributed by atoms with Crippen LogP contribution in [0.15, 0.2) is 16.3 Å². The van der Waals surface area contributed by atoms with Crippen molar-refractivity contribution in [3.63, 3.8) is 0 Å². The first-order valence-electron chi connectivity index (χ1n) is 6.32. The summed E-state index contributed by atoms with van der Waals surface area (Å²) < 4.78 is 26.4. The lowest BCUT2D eigenvalue weighted by Gasteiger charge is -2.14. The molecule has 1 saturated heterocycles. The van der Waals surface area contributed by atoms with Crippen LogP contribution in [0.2, 0.25) is 0 Å². The molecule has 1 N–H and O–H groups in total. The van der Waals surface area contributed by atoms with E-state index in [2.05, 4.69) is 12.2 Å². The summed E-state index contributed by atoms with van der Waals surface area (Å²) in [5.74, 6) is 0.472. The second-order valence-electron chi connectivity index (χ2n) is 4.79. The first-order chi connectivity index (χ1) is 8.54. The average Bonchev–Trinajstić information content (AvgIpc) is 2.95. The van der Waals surface area contributed by atoms with Gasteiger partial charge in [0.2, 0.25) is 10.0 Å². The van der Waals surface area contributed by atoms with E-state index in [1.807, 2.05) is 6.92 Å². The normalized spacial score (nSPS) is 21.6. The quantitative estimate of drug-likeness (QED) is 0.900. The summed E-state index contributed by atoms with van der Waals surface area (Å²) in [4.78, 5) is 1.53. The van der Waals surface area contributed by atoms with Gasteiger partial charge in [0.05, 0.1) is 4.90 Å². The monoisotopic (exact) mass is 288 g/mol. The summed E-state index contributed by atoms with van der Waals surface area (Å²) in [5.41, 5.74) is 0. The molecule has 1 fully saturated rings. The van der Waals surface area contributed by atoms with Gasteiger partial charge in [0.25, 0.3) is 0 Å². The van der Waals surface area contributed by atoms with E-state index in [1.54, 1.807) is 15.8 Å². The van der Waals surface area contributed by atoms with E-state index in [-0.39, 0.29) is 0 Å². The molecule has 2 heterocycles. The number of rotatable bonds is 5. The standard InChI is InChI=1S/C12H20N2O2S2/c1-3-13-7-11-6-12(9-17-11)18(15,16)14-5-4-10(2)8-14/h6,9-10,13H,3-5,7-8H2,1-2H3. The Morgan fingerprint density at radius 2 is 2.33 bits per heavy atom. The predicted octanol–water partition coefficient (Wildman–Crippen LogP) is 1.89. The average molecular weight is 288 g/mol. The van der Waals surface area contributed by atoms with Gasteiger partial charge in [-0.1, -0.05) is 13.8 Å². The molecule has 0 radical (unpaired) electrons. The molecule has 6 heteroatoms. The van der Waals surface area contributed by atoms with Crippen molar-refractivity contribution in [3.05, 3.63) is 16.3 Å². The Kier molecular flexibility index (Phi) is 4.42. The van der Waals surface area contributed by atoms with Crippen LogP contribution in [-0.4, -0.2) is 32.4 Å². The third-order valence-corrected chi connectivity index (χ3v) is 6.13. The van der Waals surface area contributed by atoms with Gasteiger partial charge in [-0.2, -0.15) is 4.31 Å². The molecule has 102 valence electrons. The third kappa shape index (κ3) is 2.93. The Bertz CT molecular complexity index is 496. The lowest BCUT2D eigenvalue weighted by molar-refractivity contribution is 0.464. The van der Waals surface area contributed by atoms with Gasteiger partial charge in [-0.15, -0.1) is 11.3 Å². The zero-order valence-electron chi connectivity index (χ0n) is 10.8. The molecule has 1 aliphatic rings. The smallest absolute Gasteiger partial charge is 0.243 e. The van der Waals surface area contributed by atoms with Crippen LogP contribution < -0.4 is 5.32 Å². The summed E-state index contributed by atoms with van der Waals surface area (Å²) >= 11 is 1.51. The van der Waals surface area contributed by atoms with E-state index in [0.717, 1.165) is 24.4 Å². The number of thiophene rings is 1. The topological polar surface area (TPSA) is 49.4 Å². The van der Waals surface area contributed by atoms with E-state index >= 15 is 0 Å². The fraction of sp³-hybridized carbons (Fsp3) is 0.667. The van der Waals surface area contributed by atoms with Crippen LogP contribution in [-0.2, 0) is 16.6 Å². The van der Waals surface area contributed by atoms with Gasteiger partial charge in [-0.25, -0.2) is 8.42 Å². The minimum Gasteiger partial charge on any atom is -0.312 e. The molecule has 4 nitrogen and oxygen atoms in total. The fourth-order valence-electron chi connectivity index (χ4n) is 2.10. The Balaban J connectivity index is 2.12. The van der Waals surface area contributed by atoms with Crippen LogP contribution in [0.5, 0.6) is 0 Å². The van der Waals surface area contributed by atoms with Crippen LogP contribution in [0, 0.1) is 5.92 Å².